The molecule has 0 unspecified atom stereocenters. The highest BCUT2D eigenvalue weighted by Gasteiger charge is 2.39. The molecule has 2 aromatic heterocycles. The molecule has 0 saturated carbocycles. The van der Waals surface area contributed by atoms with Crippen molar-refractivity contribution in [2.45, 2.75) is 30.4 Å². The third-order valence-corrected chi connectivity index (χ3v) is 7.30. The van der Waals surface area contributed by atoms with Crippen LogP contribution in [0.1, 0.15) is 29.3 Å². The molecular formula is C30H29N5O4. The lowest BCUT2D eigenvalue weighted by Gasteiger charge is -2.37. The predicted octanol–water partition coefficient (Wildman–Crippen LogP) is 3.88. The van der Waals surface area contributed by atoms with Crippen LogP contribution in [-0.4, -0.2) is 55.7 Å². The van der Waals surface area contributed by atoms with Crippen molar-refractivity contribution in [3.8, 4) is 5.75 Å². The van der Waals surface area contributed by atoms with Gasteiger partial charge in [0.1, 0.15) is 29.9 Å². The minimum Gasteiger partial charge on any atom is -0.497 e. The number of hydrogen-bond acceptors (Lipinski definition) is 8. The Hall–Kier alpha value is -4.31. The predicted molar refractivity (Wildman–Crippen MR) is 146 cm³/mol. The van der Waals surface area contributed by atoms with Crippen molar-refractivity contribution >= 4 is 17.0 Å². The van der Waals surface area contributed by atoms with E-state index in [1.54, 1.807) is 18.0 Å². The SMILES string of the molecule is COc1ccc(C(Nc2ncnc3c2ncn3[C@H]2C[C@H](O)[C@H](CO)O2)(c2ccccc2)c2ccccc2)cc1. The molecule has 1 fully saturated rings. The largest absolute Gasteiger partial charge is 0.497 e. The molecule has 1 aliphatic rings. The molecule has 5 aromatic rings. The van der Waals surface area contributed by atoms with Crippen molar-refractivity contribution in [3.05, 3.63) is 114 Å². The number of aliphatic hydroxyl groups excluding tert-OH is 2. The zero-order valence-electron chi connectivity index (χ0n) is 21.4. The number of hydrogen-bond donors (Lipinski definition) is 3. The fourth-order valence-electron chi connectivity index (χ4n) is 5.32. The smallest absolute Gasteiger partial charge is 0.167 e. The molecule has 0 aliphatic carbocycles. The molecule has 1 aliphatic heterocycles. The second-order valence-electron chi connectivity index (χ2n) is 9.50. The van der Waals surface area contributed by atoms with Gasteiger partial charge in [0.15, 0.2) is 17.0 Å². The van der Waals surface area contributed by atoms with Gasteiger partial charge in [-0.25, -0.2) is 15.0 Å². The van der Waals surface area contributed by atoms with Crippen molar-refractivity contribution in [1.29, 1.82) is 0 Å². The summed E-state index contributed by atoms with van der Waals surface area (Å²) in [5.74, 6) is 1.30. The minimum atomic E-state index is -0.831. The third kappa shape index (κ3) is 4.40. The van der Waals surface area contributed by atoms with Crippen LogP contribution in [0.4, 0.5) is 5.82 Å². The van der Waals surface area contributed by atoms with Crippen LogP contribution in [0.5, 0.6) is 5.75 Å². The van der Waals surface area contributed by atoms with E-state index in [0.29, 0.717) is 23.4 Å². The quantitative estimate of drug-likeness (QED) is 0.263. The molecule has 198 valence electrons. The van der Waals surface area contributed by atoms with Gasteiger partial charge >= 0.3 is 0 Å². The number of nitrogens with one attached hydrogen (secondary N) is 1. The van der Waals surface area contributed by atoms with E-state index in [-0.39, 0.29) is 6.61 Å². The van der Waals surface area contributed by atoms with Gasteiger partial charge in [-0.2, -0.15) is 0 Å². The Morgan fingerprint density at radius 3 is 2.15 bits per heavy atom. The van der Waals surface area contributed by atoms with Crippen LogP contribution >= 0.6 is 0 Å². The summed E-state index contributed by atoms with van der Waals surface area (Å²) in [6, 6.07) is 28.4. The van der Waals surface area contributed by atoms with Gasteiger partial charge in [0.05, 0.1) is 26.1 Å². The first kappa shape index (κ1) is 25.0. The Balaban J connectivity index is 1.52. The molecule has 39 heavy (non-hydrogen) atoms. The molecule has 3 atom stereocenters. The van der Waals surface area contributed by atoms with Gasteiger partial charge in [-0.1, -0.05) is 72.8 Å². The molecule has 3 N–H and O–H groups in total. The number of benzene rings is 3. The van der Waals surface area contributed by atoms with Crippen molar-refractivity contribution < 1.29 is 19.7 Å². The van der Waals surface area contributed by atoms with Gasteiger partial charge in [0, 0.05) is 6.42 Å². The highest BCUT2D eigenvalue weighted by atomic mass is 16.5. The van der Waals surface area contributed by atoms with Crippen molar-refractivity contribution in [3.63, 3.8) is 0 Å². The van der Waals surface area contributed by atoms with Crippen LogP contribution in [0.25, 0.3) is 11.2 Å². The molecule has 0 amide bonds. The first-order valence-electron chi connectivity index (χ1n) is 12.8. The van der Waals surface area contributed by atoms with Gasteiger partial charge in [-0.15, -0.1) is 0 Å². The van der Waals surface area contributed by atoms with Crippen molar-refractivity contribution in [2.24, 2.45) is 0 Å². The molecule has 3 aromatic carbocycles. The van der Waals surface area contributed by atoms with Crippen molar-refractivity contribution in [1.82, 2.24) is 19.5 Å². The topological polar surface area (TPSA) is 115 Å². The summed E-state index contributed by atoms with van der Waals surface area (Å²) in [6.07, 6.45) is 1.54. The molecule has 0 spiro atoms. The number of rotatable bonds is 8. The van der Waals surface area contributed by atoms with Crippen LogP contribution < -0.4 is 10.1 Å². The summed E-state index contributed by atoms with van der Waals surface area (Å²) in [5.41, 5.74) is 3.31. The number of ether oxygens (including phenoxy) is 2. The lowest BCUT2D eigenvalue weighted by Crippen LogP contribution is -2.38. The fourth-order valence-corrected chi connectivity index (χ4v) is 5.32. The zero-order chi connectivity index (χ0) is 26.8. The number of aromatic nitrogens is 4. The molecular weight excluding hydrogens is 494 g/mol. The Morgan fingerprint density at radius 1 is 0.923 bits per heavy atom. The first-order valence-corrected chi connectivity index (χ1v) is 12.8. The van der Waals surface area contributed by atoms with E-state index in [2.05, 4.69) is 44.5 Å². The fraction of sp³-hybridized carbons (Fsp3) is 0.233. The summed E-state index contributed by atoms with van der Waals surface area (Å²) in [5, 5.41) is 23.6. The van der Waals surface area contributed by atoms with Crippen LogP contribution in [-0.2, 0) is 10.3 Å². The molecule has 3 heterocycles. The lowest BCUT2D eigenvalue weighted by molar-refractivity contribution is -0.0432. The maximum Gasteiger partial charge on any atom is 0.167 e. The maximum absolute atomic E-state index is 10.3. The van der Waals surface area contributed by atoms with Crippen LogP contribution in [0.2, 0.25) is 0 Å². The number of imidazole rings is 1. The Morgan fingerprint density at radius 2 is 1.56 bits per heavy atom. The van der Waals surface area contributed by atoms with Gasteiger partial charge in [0.25, 0.3) is 0 Å². The Kier molecular flexibility index (Phi) is 6.70. The van der Waals surface area contributed by atoms with Gasteiger partial charge in [-0.05, 0) is 28.8 Å². The number of fused-ring (bicyclic) bond motifs is 1. The molecule has 9 heteroatoms. The summed E-state index contributed by atoms with van der Waals surface area (Å²) in [4.78, 5) is 13.8. The van der Waals surface area contributed by atoms with E-state index < -0.39 is 24.0 Å². The highest BCUT2D eigenvalue weighted by molar-refractivity contribution is 5.84. The average Bonchev–Trinajstić information content (AvgIpc) is 3.60. The molecule has 0 radical (unpaired) electrons. The van der Waals surface area contributed by atoms with Gasteiger partial charge in [0.2, 0.25) is 0 Å². The summed E-state index contributed by atoms with van der Waals surface area (Å²) in [7, 11) is 1.65. The second kappa shape index (κ2) is 10.5. The highest BCUT2D eigenvalue weighted by Crippen LogP contribution is 2.41. The maximum atomic E-state index is 10.3. The number of methoxy groups -OCH3 is 1. The summed E-state index contributed by atoms with van der Waals surface area (Å²) < 4.78 is 13.1. The van der Waals surface area contributed by atoms with Gasteiger partial charge in [-0.3, -0.25) is 4.57 Å². The first-order chi connectivity index (χ1) is 19.1. The Labute approximate surface area is 225 Å². The zero-order valence-corrected chi connectivity index (χ0v) is 21.4. The van der Waals surface area contributed by atoms with Crippen LogP contribution in [0, 0.1) is 0 Å². The standard InChI is InChI=1S/C30H29N5O4/c1-38-23-14-12-22(13-15-23)30(20-8-4-2-5-9-20,21-10-6-3-7-11-21)34-28-27-29(32-18-31-28)35(19-33-27)26-16-24(37)25(17-36)39-26/h2-15,18-19,24-26,36-37H,16-17H2,1H3,(H,31,32,34)/t24-,25-,26+/m0/s1. The minimum absolute atomic E-state index is 0.259. The van der Waals surface area contributed by atoms with E-state index >= 15 is 0 Å². The van der Waals surface area contributed by atoms with Crippen LogP contribution in [0.15, 0.2) is 97.6 Å². The van der Waals surface area contributed by atoms with E-state index in [1.807, 2.05) is 60.7 Å². The number of anilines is 1. The van der Waals surface area contributed by atoms with E-state index in [4.69, 9.17) is 9.47 Å². The summed E-state index contributed by atoms with van der Waals surface area (Å²) >= 11 is 0. The number of nitrogens with zero attached hydrogens (tertiary/aromatic N) is 4. The molecule has 0 bridgehead atoms. The lowest BCUT2D eigenvalue weighted by atomic mass is 9.77. The Bertz CT molecular complexity index is 1500. The van der Waals surface area contributed by atoms with Gasteiger partial charge < -0.3 is 25.0 Å². The monoisotopic (exact) mass is 523 g/mol. The molecule has 6 rings (SSSR count). The van der Waals surface area contributed by atoms with E-state index in [9.17, 15) is 10.2 Å². The van der Waals surface area contributed by atoms with Crippen LogP contribution in [0.3, 0.4) is 0 Å². The number of aliphatic hydroxyl groups is 2. The summed E-state index contributed by atoms with van der Waals surface area (Å²) in [6.45, 7) is -0.259. The molecule has 1 saturated heterocycles. The van der Waals surface area contributed by atoms with E-state index in [1.165, 1.54) is 6.33 Å². The van der Waals surface area contributed by atoms with E-state index in [0.717, 1.165) is 22.4 Å². The normalized spacial score (nSPS) is 19.3. The second-order valence-corrected chi connectivity index (χ2v) is 9.50. The molecule has 9 nitrogen and oxygen atoms in total. The average molecular weight is 524 g/mol. The van der Waals surface area contributed by atoms with Crippen molar-refractivity contribution in [2.75, 3.05) is 19.0 Å². The third-order valence-electron chi connectivity index (χ3n) is 7.30.